The fourth-order valence-electron chi connectivity index (χ4n) is 0.607. The summed E-state index contributed by atoms with van der Waals surface area (Å²) in [5, 5.41) is 0. The second kappa shape index (κ2) is 5.62. The molecule has 0 radical (unpaired) electrons. The van der Waals surface area contributed by atoms with Crippen molar-refractivity contribution in [2.75, 3.05) is 6.61 Å². The quantitative estimate of drug-likeness (QED) is 0.304. The van der Waals surface area contributed by atoms with Crippen LogP contribution in [0.25, 0.3) is 0 Å². The molecule has 0 aromatic carbocycles. The lowest BCUT2D eigenvalue weighted by Crippen LogP contribution is -2.34. The highest BCUT2D eigenvalue weighted by Gasteiger charge is 2.46. The van der Waals surface area contributed by atoms with Crippen LogP contribution in [0.4, 0.5) is 17.6 Å². The van der Waals surface area contributed by atoms with Gasteiger partial charge in [0.2, 0.25) is 0 Å². The molecule has 2 nitrogen and oxygen atoms in total. The van der Waals surface area contributed by atoms with Crippen molar-refractivity contribution in [1.82, 2.24) is 0 Å². The minimum atomic E-state index is -5.18. The molecule has 82 valence electrons. The number of allylic oxidation sites excluding steroid dienone is 1. The molecule has 14 heavy (non-hydrogen) atoms. The van der Waals surface area contributed by atoms with E-state index in [4.69, 9.17) is 0 Å². The summed E-state index contributed by atoms with van der Waals surface area (Å²) in [5.74, 6) is -1.89. The molecule has 1 unspecified atom stereocenters. The van der Waals surface area contributed by atoms with Gasteiger partial charge in [-0.1, -0.05) is 6.08 Å². The maximum absolute atomic E-state index is 12.2. The Balaban J connectivity index is 3.79. The number of unbranched alkanes of at least 4 members (excludes halogenated alkanes) is 1. The molecule has 0 amide bonds. The van der Waals surface area contributed by atoms with Crippen molar-refractivity contribution >= 4 is 5.97 Å². The first-order valence-corrected chi connectivity index (χ1v) is 3.88. The zero-order valence-corrected chi connectivity index (χ0v) is 7.31. The zero-order valence-electron chi connectivity index (χ0n) is 7.31. The van der Waals surface area contributed by atoms with Gasteiger partial charge in [-0.15, -0.1) is 6.58 Å². The molecule has 0 aliphatic carbocycles. The second-order valence-electron chi connectivity index (χ2n) is 2.50. The van der Waals surface area contributed by atoms with Gasteiger partial charge >= 0.3 is 12.1 Å². The Morgan fingerprint density at radius 2 is 2.07 bits per heavy atom. The van der Waals surface area contributed by atoms with E-state index in [0.29, 0.717) is 12.8 Å². The number of alkyl halides is 4. The number of carbonyl (C=O) groups excluding carboxylic acids is 1. The van der Waals surface area contributed by atoms with E-state index in [1.165, 1.54) is 6.08 Å². The van der Waals surface area contributed by atoms with Crippen LogP contribution in [0.15, 0.2) is 12.7 Å². The first-order chi connectivity index (χ1) is 6.39. The van der Waals surface area contributed by atoms with Gasteiger partial charge in [0.1, 0.15) is 0 Å². The summed E-state index contributed by atoms with van der Waals surface area (Å²) in [6, 6.07) is 0. The molecule has 6 heteroatoms. The van der Waals surface area contributed by atoms with E-state index >= 15 is 0 Å². The van der Waals surface area contributed by atoms with E-state index in [-0.39, 0.29) is 6.61 Å². The monoisotopic (exact) mass is 214 g/mol. The molecule has 0 saturated heterocycles. The third-order valence-electron chi connectivity index (χ3n) is 1.29. The van der Waals surface area contributed by atoms with Gasteiger partial charge < -0.3 is 4.74 Å². The van der Waals surface area contributed by atoms with E-state index in [1.807, 2.05) is 0 Å². The Morgan fingerprint density at radius 1 is 1.50 bits per heavy atom. The summed E-state index contributed by atoms with van der Waals surface area (Å²) >= 11 is 0. The predicted octanol–water partition coefficient (Wildman–Crippen LogP) is 2.40. The van der Waals surface area contributed by atoms with Crippen molar-refractivity contribution < 1.29 is 27.1 Å². The summed E-state index contributed by atoms with van der Waals surface area (Å²) in [4.78, 5) is 10.4. The lowest BCUT2D eigenvalue weighted by Gasteiger charge is -2.11. The van der Waals surface area contributed by atoms with Crippen molar-refractivity contribution in [2.24, 2.45) is 0 Å². The normalized spacial score (nSPS) is 13.4. The van der Waals surface area contributed by atoms with Gasteiger partial charge in [-0.05, 0) is 12.8 Å². The van der Waals surface area contributed by atoms with E-state index in [2.05, 4.69) is 11.3 Å². The van der Waals surface area contributed by atoms with Crippen LogP contribution in [0.1, 0.15) is 12.8 Å². The van der Waals surface area contributed by atoms with Crippen molar-refractivity contribution in [3.8, 4) is 0 Å². The first kappa shape index (κ1) is 12.9. The molecule has 0 aliphatic rings. The lowest BCUT2D eigenvalue weighted by molar-refractivity contribution is -0.201. The molecule has 0 aliphatic heterocycles. The molecular formula is C8H10F4O2. The molecule has 0 bridgehead atoms. The average molecular weight is 214 g/mol. The van der Waals surface area contributed by atoms with Gasteiger partial charge in [-0.2, -0.15) is 13.2 Å². The molecule has 0 rings (SSSR count). The van der Waals surface area contributed by atoms with Gasteiger partial charge in [-0.25, -0.2) is 9.18 Å². The Kier molecular flexibility index (Phi) is 5.19. The molecule has 0 heterocycles. The van der Waals surface area contributed by atoms with Gasteiger partial charge in [0.25, 0.3) is 6.17 Å². The lowest BCUT2D eigenvalue weighted by atomic mass is 10.3. The molecule has 0 spiro atoms. The highest BCUT2D eigenvalue weighted by atomic mass is 19.4. The van der Waals surface area contributed by atoms with Crippen LogP contribution in [0.3, 0.4) is 0 Å². The maximum Gasteiger partial charge on any atom is 0.430 e. The van der Waals surface area contributed by atoms with E-state index in [0.717, 1.165) is 0 Å². The van der Waals surface area contributed by atoms with E-state index in [1.54, 1.807) is 0 Å². The summed E-state index contributed by atoms with van der Waals surface area (Å²) in [6.45, 7) is 3.12. The van der Waals surface area contributed by atoms with Gasteiger partial charge in [0, 0.05) is 0 Å². The third-order valence-corrected chi connectivity index (χ3v) is 1.29. The number of hydrogen-bond donors (Lipinski definition) is 0. The summed E-state index contributed by atoms with van der Waals surface area (Å²) in [6.07, 6.45) is -6.39. The fraction of sp³-hybridized carbons (Fsp3) is 0.625. The Morgan fingerprint density at radius 3 is 2.50 bits per heavy atom. The number of hydrogen-bond acceptors (Lipinski definition) is 2. The maximum atomic E-state index is 12.2. The molecule has 0 aromatic rings. The average Bonchev–Trinajstić information content (AvgIpc) is 2.09. The van der Waals surface area contributed by atoms with Crippen molar-refractivity contribution in [2.45, 2.75) is 25.2 Å². The van der Waals surface area contributed by atoms with Crippen LogP contribution >= 0.6 is 0 Å². The molecule has 0 fully saturated rings. The number of ether oxygens (including phenoxy) is 1. The zero-order chi connectivity index (χ0) is 11.2. The van der Waals surface area contributed by atoms with Crippen LogP contribution < -0.4 is 0 Å². The Bertz CT molecular complexity index is 200. The largest absolute Gasteiger partial charge is 0.463 e. The van der Waals surface area contributed by atoms with Gasteiger partial charge in [0.15, 0.2) is 0 Å². The van der Waals surface area contributed by atoms with E-state index < -0.39 is 18.3 Å². The van der Waals surface area contributed by atoms with Crippen molar-refractivity contribution in [3.63, 3.8) is 0 Å². The first-order valence-electron chi connectivity index (χ1n) is 3.88. The van der Waals surface area contributed by atoms with Gasteiger partial charge in [0.05, 0.1) is 6.61 Å². The molecule has 0 N–H and O–H groups in total. The van der Waals surface area contributed by atoms with Crippen LogP contribution in [-0.2, 0) is 9.53 Å². The van der Waals surface area contributed by atoms with Gasteiger partial charge in [-0.3, -0.25) is 0 Å². The third kappa shape index (κ3) is 4.84. The standard InChI is InChI=1S/C8H10F4O2/c1-2-3-4-5-14-7(13)6(9)8(10,11)12/h2,6H,1,3-5H2. The fourth-order valence-corrected chi connectivity index (χ4v) is 0.607. The highest BCUT2D eigenvalue weighted by Crippen LogP contribution is 2.23. The second-order valence-corrected chi connectivity index (χ2v) is 2.50. The molecular weight excluding hydrogens is 204 g/mol. The molecule has 0 aromatic heterocycles. The van der Waals surface area contributed by atoms with E-state index in [9.17, 15) is 22.4 Å². The predicted molar refractivity (Wildman–Crippen MR) is 41.3 cm³/mol. The minimum Gasteiger partial charge on any atom is -0.463 e. The van der Waals surface area contributed by atoms with Crippen LogP contribution in [0.5, 0.6) is 0 Å². The summed E-state index contributed by atoms with van der Waals surface area (Å²) in [7, 11) is 0. The summed E-state index contributed by atoms with van der Waals surface area (Å²) in [5.41, 5.74) is 0. The molecule has 1 atom stereocenters. The minimum absolute atomic E-state index is 0.235. The van der Waals surface area contributed by atoms with Crippen LogP contribution in [0, 0.1) is 0 Å². The Hall–Kier alpha value is -1.07. The number of rotatable bonds is 5. The molecule has 0 saturated carbocycles. The van der Waals surface area contributed by atoms with Crippen molar-refractivity contribution in [3.05, 3.63) is 12.7 Å². The number of carbonyl (C=O) groups is 1. The topological polar surface area (TPSA) is 26.3 Å². The SMILES string of the molecule is C=CCCCOC(=O)C(F)C(F)(F)F. The summed E-state index contributed by atoms with van der Waals surface area (Å²) < 4.78 is 51.0. The van der Waals surface area contributed by atoms with Crippen LogP contribution in [-0.4, -0.2) is 24.9 Å². The number of esters is 1. The highest BCUT2D eigenvalue weighted by molar-refractivity contribution is 5.75. The van der Waals surface area contributed by atoms with Crippen LogP contribution in [0.2, 0.25) is 0 Å². The number of halogens is 4. The van der Waals surface area contributed by atoms with Crippen molar-refractivity contribution in [1.29, 1.82) is 0 Å². The smallest absolute Gasteiger partial charge is 0.430 e. The Labute approximate surface area is 78.5 Å².